The second kappa shape index (κ2) is 6.12. The number of aromatic nitrogens is 2. The minimum absolute atomic E-state index is 0.0805. The van der Waals surface area contributed by atoms with Crippen molar-refractivity contribution in [3.8, 4) is 0 Å². The van der Waals surface area contributed by atoms with Crippen LogP contribution in [0, 0.1) is 17.3 Å². The normalized spacial score (nSPS) is 22.1. The standard InChI is InChI=1S/C17H20N2O4S/c1-10(20)11-8-12(17(11,2)3)16(22)23-6-5-19-9-18-13-4-7-24-14(13)15(19)21/h4,7,9,11-12H,5-6,8H2,1-3H3/t11-,12+/m0/s1. The van der Waals surface area contributed by atoms with Gasteiger partial charge in [0.25, 0.3) is 5.56 Å². The molecule has 2 heterocycles. The van der Waals surface area contributed by atoms with E-state index in [1.54, 1.807) is 13.0 Å². The first-order valence-electron chi connectivity index (χ1n) is 7.92. The van der Waals surface area contributed by atoms with Gasteiger partial charge in [0, 0.05) is 5.92 Å². The van der Waals surface area contributed by atoms with Crippen LogP contribution < -0.4 is 5.56 Å². The first-order chi connectivity index (χ1) is 11.3. The Kier molecular flexibility index (Phi) is 4.29. The molecule has 1 saturated carbocycles. The molecular formula is C17H20N2O4S. The molecule has 128 valence electrons. The van der Waals surface area contributed by atoms with E-state index >= 15 is 0 Å². The minimum atomic E-state index is -0.364. The van der Waals surface area contributed by atoms with Gasteiger partial charge in [0.1, 0.15) is 17.1 Å². The first-order valence-corrected chi connectivity index (χ1v) is 8.80. The van der Waals surface area contributed by atoms with Gasteiger partial charge in [0.2, 0.25) is 0 Å². The molecule has 1 fully saturated rings. The van der Waals surface area contributed by atoms with Crippen LogP contribution in [0.1, 0.15) is 27.2 Å². The van der Waals surface area contributed by atoms with Crippen molar-refractivity contribution in [2.75, 3.05) is 6.61 Å². The molecule has 2 atom stereocenters. The lowest BCUT2D eigenvalue weighted by Gasteiger charge is -2.49. The maximum Gasteiger partial charge on any atom is 0.309 e. The number of rotatable bonds is 5. The summed E-state index contributed by atoms with van der Waals surface area (Å²) in [4.78, 5) is 40.2. The molecule has 0 N–H and O–H groups in total. The van der Waals surface area contributed by atoms with Crippen LogP contribution in [0.4, 0.5) is 0 Å². The van der Waals surface area contributed by atoms with Gasteiger partial charge in [-0.15, -0.1) is 11.3 Å². The van der Waals surface area contributed by atoms with Gasteiger partial charge in [-0.2, -0.15) is 0 Å². The molecule has 0 unspecified atom stereocenters. The van der Waals surface area contributed by atoms with Crippen molar-refractivity contribution in [2.45, 2.75) is 33.7 Å². The Balaban J connectivity index is 1.58. The summed E-state index contributed by atoms with van der Waals surface area (Å²) in [5.41, 5.74) is 0.202. The van der Waals surface area contributed by atoms with Crippen molar-refractivity contribution in [3.63, 3.8) is 0 Å². The van der Waals surface area contributed by atoms with E-state index in [2.05, 4.69) is 4.98 Å². The van der Waals surface area contributed by atoms with Crippen LogP contribution >= 0.6 is 11.3 Å². The Bertz CT molecular complexity index is 852. The van der Waals surface area contributed by atoms with Gasteiger partial charge in [0.15, 0.2) is 0 Å². The number of ether oxygens (including phenoxy) is 1. The van der Waals surface area contributed by atoms with Crippen molar-refractivity contribution in [3.05, 3.63) is 28.1 Å². The van der Waals surface area contributed by atoms with Gasteiger partial charge in [0.05, 0.1) is 24.3 Å². The molecule has 7 heteroatoms. The zero-order valence-corrected chi connectivity index (χ0v) is 14.8. The lowest BCUT2D eigenvalue weighted by Crippen LogP contribution is -2.52. The summed E-state index contributed by atoms with van der Waals surface area (Å²) >= 11 is 1.35. The topological polar surface area (TPSA) is 78.3 Å². The van der Waals surface area contributed by atoms with Gasteiger partial charge in [-0.05, 0) is 30.2 Å². The largest absolute Gasteiger partial charge is 0.464 e. The van der Waals surface area contributed by atoms with Crippen LogP contribution in [0.3, 0.4) is 0 Å². The van der Waals surface area contributed by atoms with Crippen LogP contribution in [0.25, 0.3) is 10.2 Å². The molecule has 6 nitrogen and oxygen atoms in total. The predicted molar refractivity (Wildman–Crippen MR) is 90.9 cm³/mol. The highest BCUT2D eigenvalue weighted by atomic mass is 32.1. The molecule has 1 aliphatic carbocycles. The molecule has 2 aromatic heterocycles. The van der Waals surface area contributed by atoms with Gasteiger partial charge in [-0.25, -0.2) is 4.98 Å². The average molecular weight is 348 g/mol. The highest BCUT2D eigenvalue weighted by Crippen LogP contribution is 2.52. The molecular weight excluding hydrogens is 328 g/mol. The van der Waals surface area contributed by atoms with Crippen LogP contribution in [0.2, 0.25) is 0 Å². The van der Waals surface area contributed by atoms with E-state index in [1.807, 2.05) is 19.2 Å². The fourth-order valence-electron chi connectivity index (χ4n) is 3.40. The lowest BCUT2D eigenvalue weighted by molar-refractivity contribution is -0.168. The van der Waals surface area contributed by atoms with Crippen molar-refractivity contribution in [1.29, 1.82) is 0 Å². The third-order valence-electron chi connectivity index (χ3n) is 5.06. The van der Waals surface area contributed by atoms with E-state index in [0.717, 1.165) is 0 Å². The fraction of sp³-hybridized carbons (Fsp3) is 0.529. The third kappa shape index (κ3) is 2.77. The Labute approximate surface area is 143 Å². The highest BCUT2D eigenvalue weighted by molar-refractivity contribution is 7.17. The van der Waals surface area contributed by atoms with Gasteiger partial charge in [-0.3, -0.25) is 19.0 Å². The monoisotopic (exact) mass is 348 g/mol. The van der Waals surface area contributed by atoms with Crippen LogP contribution in [-0.2, 0) is 20.9 Å². The van der Waals surface area contributed by atoms with Crippen molar-refractivity contribution in [1.82, 2.24) is 9.55 Å². The Morgan fingerprint density at radius 3 is 2.83 bits per heavy atom. The highest BCUT2D eigenvalue weighted by Gasteiger charge is 2.54. The number of esters is 1. The van der Waals surface area contributed by atoms with E-state index in [9.17, 15) is 14.4 Å². The number of thiophene rings is 1. The number of hydrogen-bond acceptors (Lipinski definition) is 6. The van der Waals surface area contributed by atoms with Crippen molar-refractivity contribution >= 4 is 33.3 Å². The summed E-state index contributed by atoms with van der Waals surface area (Å²) in [6.07, 6.45) is 2.02. The van der Waals surface area contributed by atoms with E-state index in [1.165, 1.54) is 22.2 Å². The number of fused-ring (bicyclic) bond motifs is 1. The number of carbonyl (C=O) groups excluding carboxylic acids is 2. The Morgan fingerprint density at radius 2 is 2.17 bits per heavy atom. The van der Waals surface area contributed by atoms with E-state index in [0.29, 0.717) is 16.6 Å². The maximum atomic E-state index is 12.2. The number of ketones is 1. The smallest absolute Gasteiger partial charge is 0.309 e. The molecule has 0 spiro atoms. The number of carbonyl (C=O) groups is 2. The summed E-state index contributed by atoms with van der Waals surface area (Å²) in [5, 5.41) is 1.83. The summed E-state index contributed by atoms with van der Waals surface area (Å²) in [5.74, 6) is -0.522. The predicted octanol–water partition coefficient (Wildman–Crippen LogP) is 2.25. The second-order valence-corrected chi connectivity index (χ2v) is 7.73. The number of nitrogens with zero attached hydrogens (tertiary/aromatic N) is 2. The van der Waals surface area contributed by atoms with Gasteiger partial charge in [-0.1, -0.05) is 13.8 Å². The average Bonchev–Trinajstić information content (AvgIpc) is 2.97. The van der Waals surface area contributed by atoms with Gasteiger partial charge >= 0.3 is 5.97 Å². The molecule has 2 aromatic rings. The maximum absolute atomic E-state index is 12.2. The van der Waals surface area contributed by atoms with E-state index < -0.39 is 0 Å². The molecule has 1 aliphatic rings. The van der Waals surface area contributed by atoms with E-state index in [-0.39, 0.29) is 47.7 Å². The summed E-state index contributed by atoms with van der Waals surface area (Å²) < 4.78 is 7.39. The first kappa shape index (κ1) is 16.8. The fourth-order valence-corrected chi connectivity index (χ4v) is 4.19. The number of hydrogen-bond donors (Lipinski definition) is 0. The molecule has 0 saturated heterocycles. The Morgan fingerprint density at radius 1 is 1.42 bits per heavy atom. The van der Waals surface area contributed by atoms with Crippen LogP contribution in [0.5, 0.6) is 0 Å². The third-order valence-corrected chi connectivity index (χ3v) is 5.95. The summed E-state index contributed by atoms with van der Waals surface area (Å²) in [6, 6.07) is 1.80. The van der Waals surface area contributed by atoms with E-state index in [4.69, 9.17) is 4.74 Å². The summed E-state index contributed by atoms with van der Waals surface area (Å²) in [7, 11) is 0. The van der Waals surface area contributed by atoms with Crippen molar-refractivity contribution in [2.24, 2.45) is 17.3 Å². The quantitative estimate of drug-likeness (QED) is 0.775. The second-order valence-electron chi connectivity index (χ2n) is 6.82. The minimum Gasteiger partial charge on any atom is -0.464 e. The van der Waals surface area contributed by atoms with Gasteiger partial charge < -0.3 is 4.74 Å². The number of Topliss-reactive ketones (excluding diaryl/α,β-unsaturated/α-hetero) is 1. The molecule has 0 bridgehead atoms. The zero-order chi connectivity index (χ0) is 17.5. The molecule has 24 heavy (non-hydrogen) atoms. The SMILES string of the molecule is CC(=O)[C@@H]1C[C@H](C(=O)OCCn2cnc3ccsc3c2=O)C1(C)C. The molecule has 0 radical (unpaired) electrons. The zero-order valence-electron chi connectivity index (χ0n) is 13.9. The summed E-state index contributed by atoms with van der Waals surface area (Å²) in [6.45, 7) is 5.80. The van der Waals surface area contributed by atoms with Crippen molar-refractivity contribution < 1.29 is 14.3 Å². The Hall–Kier alpha value is -2.02. The molecule has 0 aromatic carbocycles. The van der Waals surface area contributed by atoms with Crippen LogP contribution in [0.15, 0.2) is 22.6 Å². The lowest BCUT2D eigenvalue weighted by atomic mass is 9.53. The molecule has 3 rings (SSSR count). The van der Waals surface area contributed by atoms with Crippen LogP contribution in [-0.4, -0.2) is 27.9 Å². The molecule has 0 aliphatic heterocycles. The molecule has 0 amide bonds.